The van der Waals surface area contributed by atoms with Crippen molar-refractivity contribution in [3.05, 3.63) is 253 Å². The van der Waals surface area contributed by atoms with Gasteiger partial charge in [-0.2, -0.15) is 10.0 Å². The van der Waals surface area contributed by atoms with E-state index < -0.39 is 10.0 Å². The van der Waals surface area contributed by atoms with E-state index in [0.717, 1.165) is 51.4 Å². The van der Waals surface area contributed by atoms with Gasteiger partial charge in [0.05, 0.1) is 4.75 Å². The van der Waals surface area contributed by atoms with Gasteiger partial charge < -0.3 is 19.3 Å². The number of nitrogens with zero attached hydrogens (tertiary/aromatic N) is 2. The summed E-state index contributed by atoms with van der Waals surface area (Å²) >= 11 is 1.93. The van der Waals surface area contributed by atoms with E-state index in [-0.39, 0.29) is 23.6 Å². The Bertz CT molecular complexity index is 4470. The van der Waals surface area contributed by atoms with Crippen molar-refractivity contribution in [1.29, 1.82) is 0 Å². The molecule has 11 aromatic rings. The quantitative estimate of drug-likeness (QED) is 0.155. The molecule has 0 radical (unpaired) electrons. The number of hydrogen-bond acceptors (Lipinski definition) is 5. The molecule has 0 amide bonds. The summed E-state index contributed by atoms with van der Waals surface area (Å²) in [5.41, 5.74) is 25.1. The van der Waals surface area contributed by atoms with E-state index in [1.807, 2.05) is 11.8 Å². The lowest BCUT2D eigenvalue weighted by Crippen LogP contribution is -2.65. The van der Waals surface area contributed by atoms with E-state index in [9.17, 15) is 0 Å². The molecule has 80 heavy (non-hydrogen) atoms. The van der Waals surface area contributed by atoms with Gasteiger partial charge >= 0.3 is 0 Å². The molecule has 0 bridgehead atoms. The maximum absolute atomic E-state index is 7.44. The summed E-state index contributed by atoms with van der Waals surface area (Å²) in [5.74, 6) is 3.65. The topological polar surface area (TPSA) is 24.9 Å². The molecule has 8 heteroatoms. The van der Waals surface area contributed by atoms with Gasteiger partial charge in [-0.15, -0.1) is 0 Å². The lowest BCUT2D eigenvalue weighted by atomic mass is 9.32. The fourth-order valence-corrected chi connectivity index (χ4v) is 21.6. The summed E-state index contributed by atoms with van der Waals surface area (Å²) in [6.07, 6.45) is 2.61. The first-order valence-corrected chi connectivity index (χ1v) is 30.8. The maximum atomic E-state index is 7.44. The number of anilines is 6. The number of rotatable bonds is 6. The van der Waals surface area contributed by atoms with E-state index in [2.05, 4.69) is 267 Å². The summed E-state index contributed by atoms with van der Waals surface area (Å²) in [7, 11) is -1.61. The molecule has 18 rings (SSSR count). The van der Waals surface area contributed by atoms with Gasteiger partial charge in [0, 0.05) is 55.4 Å². The predicted molar refractivity (Wildman–Crippen MR) is 335 cm³/mol. The molecule has 2 aliphatic carbocycles. The van der Waals surface area contributed by atoms with Gasteiger partial charge in [-0.05, 0) is 180 Å². The van der Waals surface area contributed by atoms with Crippen LogP contribution >= 0.6 is 21.8 Å². The van der Waals surface area contributed by atoms with Crippen molar-refractivity contribution in [2.45, 2.75) is 50.5 Å². The summed E-state index contributed by atoms with van der Waals surface area (Å²) in [6, 6.07) is 85.4. The summed E-state index contributed by atoms with van der Waals surface area (Å²) in [5, 5.41) is 0. The molecule has 7 aliphatic rings. The summed E-state index contributed by atoms with van der Waals surface area (Å²) in [6.45, 7) is 7.40. The molecule has 0 saturated carbocycles. The highest BCUT2D eigenvalue weighted by atomic mass is 32.3. The molecule has 4 nitrogen and oxygen atoms in total. The van der Waals surface area contributed by atoms with Gasteiger partial charge in [-0.1, -0.05) is 170 Å². The average molecular weight is 1060 g/mol. The zero-order valence-corrected chi connectivity index (χ0v) is 46.3. The first-order chi connectivity index (χ1) is 39.2. The minimum atomic E-state index is -1.61. The van der Waals surface area contributed by atoms with Crippen molar-refractivity contribution in [3.63, 3.8) is 0 Å². The third-order valence-electron chi connectivity index (χ3n) is 19.1. The predicted octanol–water partition coefficient (Wildman–Crippen LogP) is 15.1. The van der Waals surface area contributed by atoms with Gasteiger partial charge in [0.25, 0.3) is 13.4 Å². The second-order valence-corrected chi connectivity index (χ2v) is 27.9. The van der Waals surface area contributed by atoms with Crippen molar-refractivity contribution >= 4 is 102 Å². The van der Waals surface area contributed by atoms with Crippen molar-refractivity contribution in [2.75, 3.05) is 16.1 Å². The van der Waals surface area contributed by atoms with Crippen LogP contribution in [0, 0.1) is 0 Å². The van der Waals surface area contributed by atoms with Gasteiger partial charge in [0.2, 0.25) is 0 Å². The van der Waals surface area contributed by atoms with Crippen LogP contribution in [0.5, 0.6) is 23.0 Å². The number of hydrogen-bond donors (Lipinski definition) is 0. The van der Waals surface area contributed by atoms with E-state index in [1.54, 1.807) is 0 Å². The van der Waals surface area contributed by atoms with E-state index in [1.165, 1.54) is 103 Å². The molecule has 0 fully saturated rings. The van der Waals surface area contributed by atoms with Gasteiger partial charge in [0.1, 0.15) is 23.0 Å². The largest absolute Gasteiger partial charge is 0.458 e. The smallest absolute Gasteiger partial charge is 0.253 e. The van der Waals surface area contributed by atoms with Crippen LogP contribution in [-0.2, 0) is 10.2 Å². The molecule has 2 atom stereocenters. The molecule has 0 saturated heterocycles. The molecule has 5 heterocycles. The third kappa shape index (κ3) is 5.63. The highest BCUT2D eigenvalue weighted by Crippen LogP contribution is 2.87. The SMILES string of the molecule is CC1(C)c2cc(N(c3ccccc3)c3ccccc3)ccc2-c2cc3c4c(c21)Sc1ccccc1B4c1cc2c(cc1O3)Oc1cc3c4c5c1B2c1ccccc1S5(C)C4(C)c1cc(N(c2ccccc2)c2ccccc2)ccc1-3. The lowest BCUT2D eigenvalue weighted by molar-refractivity contribution is 0.464. The van der Waals surface area contributed by atoms with Gasteiger partial charge in [-0.25, -0.2) is 0 Å². The fourth-order valence-electron chi connectivity index (χ4n) is 15.6. The Hall–Kier alpha value is -8.55. The minimum absolute atomic E-state index is 0.00895. The number of ether oxygens (including phenoxy) is 2. The zero-order chi connectivity index (χ0) is 53.0. The average Bonchev–Trinajstić information content (AvgIpc) is 4.00. The third-order valence-corrected chi connectivity index (χ3v) is 24.9. The van der Waals surface area contributed by atoms with E-state index in [0.29, 0.717) is 0 Å². The van der Waals surface area contributed by atoms with Crippen LogP contribution in [0.2, 0.25) is 0 Å². The molecule has 378 valence electrons. The molecule has 0 N–H and O–H groups in total. The van der Waals surface area contributed by atoms with Crippen LogP contribution in [0.4, 0.5) is 34.1 Å². The minimum Gasteiger partial charge on any atom is -0.458 e. The molecule has 11 aromatic carbocycles. The van der Waals surface area contributed by atoms with Gasteiger partial charge in [0.15, 0.2) is 0 Å². The highest BCUT2D eigenvalue weighted by Gasteiger charge is 2.66. The normalized spacial score (nSPS) is 19.1. The Balaban J connectivity index is 0.797. The van der Waals surface area contributed by atoms with Crippen molar-refractivity contribution in [1.82, 2.24) is 0 Å². The summed E-state index contributed by atoms with van der Waals surface area (Å²) < 4.78 is 14.6. The molecule has 2 unspecified atom stereocenters. The van der Waals surface area contributed by atoms with Crippen LogP contribution in [0.3, 0.4) is 0 Å². The van der Waals surface area contributed by atoms with E-state index in [4.69, 9.17) is 9.47 Å². The maximum Gasteiger partial charge on any atom is 0.253 e. The van der Waals surface area contributed by atoms with Gasteiger partial charge in [-0.3, -0.25) is 0 Å². The van der Waals surface area contributed by atoms with Crippen molar-refractivity contribution < 1.29 is 9.47 Å². The highest BCUT2D eigenvalue weighted by molar-refractivity contribution is 8.35. The first-order valence-electron chi connectivity index (χ1n) is 27.9. The van der Waals surface area contributed by atoms with Crippen molar-refractivity contribution in [3.8, 4) is 45.3 Å². The fraction of sp³-hybridized carbons (Fsp3) is 0.0833. The second kappa shape index (κ2) is 15.8. The molecule has 0 aromatic heterocycles. The first kappa shape index (κ1) is 45.3. The van der Waals surface area contributed by atoms with E-state index >= 15 is 0 Å². The Morgan fingerprint density at radius 2 is 0.875 bits per heavy atom. The zero-order valence-electron chi connectivity index (χ0n) is 44.6. The second-order valence-electron chi connectivity index (χ2n) is 23.3. The monoisotopic (exact) mass is 1060 g/mol. The number of para-hydroxylation sites is 4. The Labute approximate surface area is 473 Å². The van der Waals surface area contributed by atoms with Crippen LogP contribution in [0.1, 0.15) is 43.0 Å². The number of benzene rings is 11. The standard InChI is InChI=1S/C72H50B2N2O2S2/c1-71(2)53-37-47(75(43-21-9-5-10-22-43)44-23-11-6-12-24-44)33-35-49(53)51-39-61-67-69(65(51)71)79-63-31-19-17-29-55(63)73(67)57-41-58-60(42-59(57)77-61)78-62-40-52-50-36-34-48(76(45-25-13-7-14-26-45)46-27-15-8-16-28-46)38-54(50)72(3)66(52)70-68(62)74(58)56-30-18-20-32-64(56)80(70,72)4/h5-42H,1-4H3. The molecule has 0 spiro atoms. The lowest BCUT2D eigenvalue weighted by Gasteiger charge is -2.64. The molecular weight excluding hydrogens is 1010 g/mol. The Kier molecular flexibility index (Phi) is 8.98. The molecule has 5 aliphatic heterocycles. The number of fused-ring (bicyclic) bond motifs is 17. The van der Waals surface area contributed by atoms with Crippen LogP contribution < -0.4 is 52.1 Å². The van der Waals surface area contributed by atoms with Crippen LogP contribution in [0.15, 0.2) is 250 Å². The Morgan fingerprint density at radius 1 is 0.400 bits per heavy atom. The van der Waals surface area contributed by atoms with Crippen molar-refractivity contribution in [2.24, 2.45) is 0 Å². The molecular formula is C72H50B2N2O2S2. The Morgan fingerprint density at radius 3 is 1.46 bits per heavy atom. The summed E-state index contributed by atoms with van der Waals surface area (Å²) in [4.78, 5) is 10.4. The van der Waals surface area contributed by atoms with Crippen LogP contribution in [-0.4, -0.2) is 19.7 Å². The van der Waals surface area contributed by atoms with Crippen LogP contribution in [0.25, 0.3) is 22.3 Å².